The molecule has 1 aliphatic rings. The van der Waals surface area contributed by atoms with Gasteiger partial charge in [0, 0.05) is 6.42 Å². The Hall–Kier alpha value is -1.25. The zero-order valence-corrected chi connectivity index (χ0v) is 10.1. The van der Waals surface area contributed by atoms with Gasteiger partial charge in [0.15, 0.2) is 0 Å². The fraction of sp³-hybridized carbons (Fsp3) is 0.615. The van der Waals surface area contributed by atoms with E-state index in [1.807, 2.05) is 0 Å². The van der Waals surface area contributed by atoms with Crippen LogP contribution in [-0.2, 0) is 9.47 Å². The van der Waals surface area contributed by atoms with E-state index in [0.717, 1.165) is 31.4 Å². The minimum atomic E-state index is -0.633. The third kappa shape index (κ3) is 3.72. The first-order valence-corrected chi connectivity index (χ1v) is 5.77. The molecule has 0 saturated carbocycles. The van der Waals surface area contributed by atoms with Crippen LogP contribution in [0.15, 0.2) is 24.5 Å². The molecule has 3 heteroatoms. The molecule has 0 heterocycles. The average molecular weight is 224 g/mol. The van der Waals surface area contributed by atoms with Crippen LogP contribution < -0.4 is 0 Å². The van der Waals surface area contributed by atoms with Crippen molar-refractivity contribution in [3.63, 3.8) is 0 Å². The highest BCUT2D eigenvalue weighted by Crippen LogP contribution is 2.36. The van der Waals surface area contributed by atoms with E-state index in [0.29, 0.717) is 0 Å². The number of hydrogen-bond acceptors (Lipinski definition) is 3. The van der Waals surface area contributed by atoms with E-state index >= 15 is 0 Å². The van der Waals surface area contributed by atoms with Crippen molar-refractivity contribution in [2.24, 2.45) is 5.41 Å². The first-order chi connectivity index (χ1) is 7.59. The van der Waals surface area contributed by atoms with E-state index < -0.39 is 6.16 Å². The molecule has 0 unspecified atom stereocenters. The fourth-order valence-electron chi connectivity index (χ4n) is 1.82. The first-order valence-electron chi connectivity index (χ1n) is 5.77. The van der Waals surface area contributed by atoms with Crippen LogP contribution in [0.2, 0.25) is 0 Å². The van der Waals surface area contributed by atoms with Gasteiger partial charge in [-0.1, -0.05) is 26.5 Å². The topological polar surface area (TPSA) is 35.5 Å². The molecule has 90 valence electrons. The summed E-state index contributed by atoms with van der Waals surface area (Å²) in [5, 5.41) is 0. The maximum Gasteiger partial charge on any atom is 0.513 e. The van der Waals surface area contributed by atoms with Crippen molar-refractivity contribution >= 4 is 6.16 Å². The summed E-state index contributed by atoms with van der Waals surface area (Å²) in [6.45, 7) is 7.99. The molecule has 1 atom stereocenters. The Kier molecular flexibility index (Phi) is 4.59. The number of rotatable bonds is 4. The second-order valence-electron chi connectivity index (χ2n) is 4.42. The standard InChI is InChI=1S/C13H20O3/c1-4-9-15-12(14)16-11-7-6-8-13(3,5-2)10-11/h4,10H,1,5-9H2,2-3H3/t13-/m1/s1. The zero-order valence-electron chi connectivity index (χ0n) is 10.1. The largest absolute Gasteiger partial charge is 0.513 e. The van der Waals surface area contributed by atoms with Crippen molar-refractivity contribution in [3.8, 4) is 0 Å². The zero-order chi connectivity index (χ0) is 12.0. The SMILES string of the molecule is C=CCOC(=O)OC1=C[C@](C)(CC)CCC1. The molecule has 1 aliphatic carbocycles. The minimum absolute atomic E-state index is 0.159. The van der Waals surface area contributed by atoms with E-state index in [-0.39, 0.29) is 12.0 Å². The quantitative estimate of drug-likeness (QED) is 0.538. The summed E-state index contributed by atoms with van der Waals surface area (Å²) in [4.78, 5) is 11.2. The summed E-state index contributed by atoms with van der Waals surface area (Å²) in [5.74, 6) is 0.740. The van der Waals surface area contributed by atoms with Crippen LogP contribution in [0.1, 0.15) is 39.5 Å². The molecule has 0 fully saturated rings. The third-order valence-corrected chi connectivity index (χ3v) is 3.02. The molecule has 0 aromatic rings. The normalized spacial score (nSPS) is 24.5. The van der Waals surface area contributed by atoms with Gasteiger partial charge in [0.05, 0.1) is 0 Å². The molecule has 0 aromatic heterocycles. The molecular weight excluding hydrogens is 204 g/mol. The Labute approximate surface area is 97.1 Å². The van der Waals surface area contributed by atoms with Crippen molar-refractivity contribution < 1.29 is 14.3 Å². The van der Waals surface area contributed by atoms with Gasteiger partial charge in [-0.25, -0.2) is 4.79 Å². The van der Waals surface area contributed by atoms with Crippen molar-refractivity contribution in [1.82, 2.24) is 0 Å². The van der Waals surface area contributed by atoms with Crippen LogP contribution in [0.5, 0.6) is 0 Å². The van der Waals surface area contributed by atoms with Gasteiger partial charge in [0.25, 0.3) is 0 Å². The molecular formula is C13H20O3. The van der Waals surface area contributed by atoms with Crippen LogP contribution >= 0.6 is 0 Å². The maximum atomic E-state index is 11.2. The average Bonchev–Trinajstić information content (AvgIpc) is 2.26. The third-order valence-electron chi connectivity index (χ3n) is 3.02. The Balaban J connectivity index is 2.53. The molecule has 0 bridgehead atoms. The summed E-state index contributed by atoms with van der Waals surface area (Å²) < 4.78 is 9.92. The predicted molar refractivity (Wildman–Crippen MR) is 63.0 cm³/mol. The van der Waals surface area contributed by atoms with Crippen molar-refractivity contribution in [1.29, 1.82) is 0 Å². The Morgan fingerprint density at radius 1 is 1.69 bits per heavy atom. The summed E-state index contributed by atoms with van der Waals surface area (Å²) in [6, 6.07) is 0. The van der Waals surface area contributed by atoms with E-state index in [2.05, 4.69) is 26.5 Å². The molecule has 0 aromatic carbocycles. The van der Waals surface area contributed by atoms with Gasteiger partial charge < -0.3 is 9.47 Å². The lowest BCUT2D eigenvalue weighted by molar-refractivity contribution is 0.0804. The monoisotopic (exact) mass is 224 g/mol. The minimum Gasteiger partial charge on any atom is -0.430 e. The van der Waals surface area contributed by atoms with E-state index in [9.17, 15) is 4.79 Å². The van der Waals surface area contributed by atoms with Crippen molar-refractivity contribution in [2.45, 2.75) is 39.5 Å². The summed E-state index contributed by atoms with van der Waals surface area (Å²) in [7, 11) is 0. The van der Waals surface area contributed by atoms with Crippen LogP contribution in [0.25, 0.3) is 0 Å². The number of allylic oxidation sites excluding steroid dienone is 2. The molecule has 0 spiro atoms. The Bertz CT molecular complexity index is 294. The summed E-state index contributed by atoms with van der Waals surface area (Å²) >= 11 is 0. The molecule has 0 saturated heterocycles. The number of carbonyl (C=O) groups is 1. The highest BCUT2D eigenvalue weighted by molar-refractivity contribution is 5.61. The summed E-state index contributed by atoms with van der Waals surface area (Å²) in [6.07, 6.45) is 7.04. The number of carbonyl (C=O) groups excluding carboxylic acids is 1. The lowest BCUT2D eigenvalue weighted by Crippen LogP contribution is -2.19. The number of ether oxygens (including phenoxy) is 2. The van der Waals surface area contributed by atoms with E-state index in [1.165, 1.54) is 6.08 Å². The second-order valence-corrected chi connectivity index (χ2v) is 4.42. The predicted octanol–water partition coefficient (Wildman–Crippen LogP) is 3.81. The van der Waals surface area contributed by atoms with E-state index in [4.69, 9.17) is 9.47 Å². The van der Waals surface area contributed by atoms with Gasteiger partial charge in [-0.15, -0.1) is 0 Å². The van der Waals surface area contributed by atoms with Crippen molar-refractivity contribution in [2.75, 3.05) is 6.61 Å². The van der Waals surface area contributed by atoms with Crippen LogP contribution in [0, 0.1) is 5.41 Å². The van der Waals surface area contributed by atoms with E-state index in [1.54, 1.807) is 0 Å². The second kappa shape index (κ2) is 5.73. The lowest BCUT2D eigenvalue weighted by Gasteiger charge is -2.29. The molecule has 3 nitrogen and oxygen atoms in total. The molecule has 1 rings (SSSR count). The number of hydrogen-bond donors (Lipinski definition) is 0. The smallest absolute Gasteiger partial charge is 0.430 e. The van der Waals surface area contributed by atoms with Crippen LogP contribution in [-0.4, -0.2) is 12.8 Å². The first kappa shape index (κ1) is 12.8. The Morgan fingerprint density at radius 3 is 3.06 bits per heavy atom. The molecule has 0 radical (unpaired) electrons. The lowest BCUT2D eigenvalue weighted by atomic mass is 9.78. The molecule has 16 heavy (non-hydrogen) atoms. The highest BCUT2D eigenvalue weighted by Gasteiger charge is 2.25. The fourth-order valence-corrected chi connectivity index (χ4v) is 1.82. The summed E-state index contributed by atoms with van der Waals surface area (Å²) in [5.41, 5.74) is 0.159. The van der Waals surface area contributed by atoms with Crippen molar-refractivity contribution in [3.05, 3.63) is 24.5 Å². The van der Waals surface area contributed by atoms with Gasteiger partial charge >= 0.3 is 6.16 Å². The van der Waals surface area contributed by atoms with Crippen LogP contribution in [0.4, 0.5) is 4.79 Å². The van der Waals surface area contributed by atoms with Crippen LogP contribution in [0.3, 0.4) is 0 Å². The molecule has 0 amide bonds. The maximum absolute atomic E-state index is 11.2. The highest BCUT2D eigenvalue weighted by atomic mass is 16.7. The molecule has 0 aliphatic heterocycles. The van der Waals surface area contributed by atoms with Gasteiger partial charge in [-0.05, 0) is 30.8 Å². The van der Waals surface area contributed by atoms with Gasteiger partial charge in [-0.3, -0.25) is 0 Å². The Morgan fingerprint density at radius 2 is 2.44 bits per heavy atom. The van der Waals surface area contributed by atoms with Gasteiger partial charge in [-0.2, -0.15) is 0 Å². The van der Waals surface area contributed by atoms with Gasteiger partial charge in [0.2, 0.25) is 0 Å². The van der Waals surface area contributed by atoms with Gasteiger partial charge in [0.1, 0.15) is 12.4 Å². The molecule has 0 N–H and O–H groups in total.